The third-order valence-electron chi connectivity index (χ3n) is 5.41. The van der Waals surface area contributed by atoms with Gasteiger partial charge in [0.25, 0.3) is 5.91 Å². The van der Waals surface area contributed by atoms with Gasteiger partial charge in [-0.05, 0) is 38.1 Å². The first-order valence-corrected chi connectivity index (χ1v) is 11.0. The highest BCUT2D eigenvalue weighted by molar-refractivity contribution is 6.10. The van der Waals surface area contributed by atoms with E-state index in [0.29, 0.717) is 22.2 Å². The molecule has 1 amide bonds. The van der Waals surface area contributed by atoms with Gasteiger partial charge in [0.1, 0.15) is 23.9 Å². The standard InChI is InChI=1S/C24H24FN3O6/c1-3-32-23(30)21(24(31)33-4-2)27-11-12-28-20(22(27)29)17-13-16(9-10-19(17)26-28)34-14-15-7-5-6-8-18(15)25/h5-10,13,21H,3-4,11-12,14H2,1-2H3. The molecule has 10 heteroatoms. The Hall–Kier alpha value is -3.95. The predicted molar refractivity (Wildman–Crippen MR) is 119 cm³/mol. The van der Waals surface area contributed by atoms with E-state index in [9.17, 15) is 18.8 Å². The normalized spacial score (nSPS) is 13.2. The fourth-order valence-electron chi connectivity index (χ4n) is 3.84. The van der Waals surface area contributed by atoms with Gasteiger partial charge in [-0.1, -0.05) is 18.2 Å². The summed E-state index contributed by atoms with van der Waals surface area (Å²) in [5.41, 5.74) is 1.16. The number of carbonyl (C=O) groups excluding carboxylic acids is 3. The molecule has 1 aromatic heterocycles. The SMILES string of the molecule is CCOC(=O)C(C(=O)OCC)N1CCn2nc3ccc(OCc4ccccc4F)cc3c2C1=O. The third kappa shape index (κ3) is 4.43. The zero-order chi connectivity index (χ0) is 24.2. The summed E-state index contributed by atoms with van der Waals surface area (Å²) in [5.74, 6) is -2.20. The Bertz CT molecular complexity index is 1220. The van der Waals surface area contributed by atoms with Crippen molar-refractivity contribution in [3.8, 4) is 5.75 Å². The summed E-state index contributed by atoms with van der Waals surface area (Å²) in [6.07, 6.45) is 0. The van der Waals surface area contributed by atoms with E-state index >= 15 is 0 Å². The summed E-state index contributed by atoms with van der Waals surface area (Å²) in [6, 6.07) is 9.81. The van der Waals surface area contributed by atoms with Crippen LogP contribution in [0.25, 0.3) is 10.9 Å². The topological polar surface area (TPSA) is 100.0 Å². The van der Waals surface area contributed by atoms with E-state index in [-0.39, 0.29) is 44.4 Å². The number of hydrogen-bond acceptors (Lipinski definition) is 7. The van der Waals surface area contributed by atoms with Gasteiger partial charge < -0.3 is 19.1 Å². The summed E-state index contributed by atoms with van der Waals surface area (Å²) < 4.78 is 31.2. The monoisotopic (exact) mass is 469 g/mol. The number of ether oxygens (including phenoxy) is 3. The zero-order valence-corrected chi connectivity index (χ0v) is 18.8. The van der Waals surface area contributed by atoms with Crippen molar-refractivity contribution in [3.05, 3.63) is 59.5 Å². The van der Waals surface area contributed by atoms with Crippen LogP contribution < -0.4 is 4.74 Å². The van der Waals surface area contributed by atoms with Gasteiger partial charge in [-0.25, -0.2) is 14.0 Å². The number of carbonyl (C=O) groups is 3. The Morgan fingerprint density at radius 2 is 1.76 bits per heavy atom. The lowest BCUT2D eigenvalue weighted by Crippen LogP contribution is -2.54. The Kier molecular flexibility index (Phi) is 6.76. The van der Waals surface area contributed by atoms with Gasteiger partial charge in [-0.3, -0.25) is 9.48 Å². The van der Waals surface area contributed by atoms with E-state index in [4.69, 9.17) is 14.2 Å². The van der Waals surface area contributed by atoms with E-state index in [2.05, 4.69) is 5.10 Å². The highest BCUT2D eigenvalue weighted by atomic mass is 19.1. The number of benzene rings is 2. The van der Waals surface area contributed by atoms with Crippen molar-refractivity contribution in [2.45, 2.75) is 33.0 Å². The van der Waals surface area contributed by atoms with Crippen LogP contribution in [0.2, 0.25) is 0 Å². The summed E-state index contributed by atoms with van der Waals surface area (Å²) in [7, 11) is 0. The van der Waals surface area contributed by atoms with Crippen LogP contribution in [0.1, 0.15) is 29.9 Å². The lowest BCUT2D eigenvalue weighted by atomic mass is 10.1. The number of nitrogens with zero attached hydrogens (tertiary/aromatic N) is 3. The van der Waals surface area contributed by atoms with E-state index < -0.39 is 23.9 Å². The summed E-state index contributed by atoms with van der Waals surface area (Å²) >= 11 is 0. The van der Waals surface area contributed by atoms with E-state index in [0.717, 1.165) is 4.90 Å². The lowest BCUT2D eigenvalue weighted by Gasteiger charge is -2.32. The smallest absolute Gasteiger partial charge is 0.340 e. The fraction of sp³-hybridized carbons (Fsp3) is 0.333. The van der Waals surface area contributed by atoms with Crippen molar-refractivity contribution < 1.29 is 33.0 Å². The second kappa shape index (κ2) is 9.90. The summed E-state index contributed by atoms with van der Waals surface area (Å²) in [4.78, 5) is 39.7. The van der Waals surface area contributed by atoms with Crippen LogP contribution in [0.3, 0.4) is 0 Å². The Labute approximate surface area is 195 Å². The first-order chi connectivity index (χ1) is 16.4. The molecule has 0 aliphatic carbocycles. The second-order valence-corrected chi connectivity index (χ2v) is 7.54. The molecule has 0 spiro atoms. The average molecular weight is 469 g/mol. The molecule has 0 bridgehead atoms. The first-order valence-electron chi connectivity index (χ1n) is 11.0. The van der Waals surface area contributed by atoms with Gasteiger partial charge in [0, 0.05) is 17.5 Å². The van der Waals surface area contributed by atoms with Crippen LogP contribution in [-0.2, 0) is 32.2 Å². The molecule has 9 nitrogen and oxygen atoms in total. The maximum atomic E-state index is 13.9. The van der Waals surface area contributed by atoms with Gasteiger partial charge >= 0.3 is 11.9 Å². The quantitative estimate of drug-likeness (QED) is 0.369. The molecular weight excluding hydrogens is 445 g/mol. The van der Waals surface area contributed by atoms with Crippen molar-refractivity contribution in [1.29, 1.82) is 0 Å². The molecule has 0 atom stereocenters. The Balaban J connectivity index is 1.64. The van der Waals surface area contributed by atoms with Gasteiger partial charge in [0.15, 0.2) is 0 Å². The van der Waals surface area contributed by atoms with Crippen LogP contribution in [-0.4, -0.2) is 58.3 Å². The van der Waals surface area contributed by atoms with Crippen LogP contribution in [0.4, 0.5) is 4.39 Å². The Morgan fingerprint density at radius 1 is 1.06 bits per heavy atom. The van der Waals surface area contributed by atoms with Crippen LogP contribution in [0.5, 0.6) is 5.75 Å². The van der Waals surface area contributed by atoms with E-state index in [1.165, 1.54) is 10.7 Å². The predicted octanol–water partition coefficient (Wildman–Crippen LogP) is 2.71. The van der Waals surface area contributed by atoms with Gasteiger partial charge in [-0.15, -0.1) is 0 Å². The molecule has 0 radical (unpaired) electrons. The maximum Gasteiger partial charge on any atom is 0.340 e. The van der Waals surface area contributed by atoms with Crippen molar-refractivity contribution >= 4 is 28.7 Å². The number of hydrogen-bond donors (Lipinski definition) is 0. The minimum Gasteiger partial charge on any atom is -0.489 e. The van der Waals surface area contributed by atoms with Gasteiger partial charge in [-0.2, -0.15) is 5.10 Å². The molecule has 0 saturated heterocycles. The van der Waals surface area contributed by atoms with Crippen molar-refractivity contribution in [3.63, 3.8) is 0 Å². The molecule has 3 aromatic rings. The molecule has 1 aliphatic heterocycles. The molecule has 0 unspecified atom stereocenters. The average Bonchev–Trinajstić information content (AvgIpc) is 3.19. The molecule has 34 heavy (non-hydrogen) atoms. The lowest BCUT2D eigenvalue weighted by molar-refractivity contribution is -0.162. The number of amides is 1. The number of halogens is 1. The highest BCUT2D eigenvalue weighted by Gasteiger charge is 2.42. The van der Waals surface area contributed by atoms with Crippen molar-refractivity contribution in [1.82, 2.24) is 14.7 Å². The first kappa shape index (κ1) is 23.2. The van der Waals surface area contributed by atoms with Gasteiger partial charge in [0.2, 0.25) is 6.04 Å². The van der Waals surface area contributed by atoms with Crippen LogP contribution >= 0.6 is 0 Å². The molecule has 178 valence electrons. The molecule has 0 saturated carbocycles. The molecule has 1 aliphatic rings. The zero-order valence-electron chi connectivity index (χ0n) is 18.8. The van der Waals surface area contributed by atoms with Crippen molar-refractivity contribution in [2.75, 3.05) is 19.8 Å². The maximum absolute atomic E-state index is 13.9. The summed E-state index contributed by atoms with van der Waals surface area (Å²) in [5, 5.41) is 4.95. The van der Waals surface area contributed by atoms with E-state index in [1.807, 2.05) is 0 Å². The summed E-state index contributed by atoms with van der Waals surface area (Å²) in [6.45, 7) is 3.71. The highest BCUT2D eigenvalue weighted by Crippen LogP contribution is 2.28. The largest absolute Gasteiger partial charge is 0.489 e. The molecule has 0 N–H and O–H groups in total. The fourth-order valence-corrected chi connectivity index (χ4v) is 3.84. The molecule has 2 heterocycles. The van der Waals surface area contributed by atoms with E-state index in [1.54, 1.807) is 50.2 Å². The molecule has 4 rings (SSSR count). The minimum absolute atomic E-state index is 0.00944. The van der Waals surface area contributed by atoms with Gasteiger partial charge in [0.05, 0.1) is 25.3 Å². The number of fused-ring (bicyclic) bond motifs is 3. The Morgan fingerprint density at radius 3 is 2.44 bits per heavy atom. The third-order valence-corrected chi connectivity index (χ3v) is 5.41. The van der Waals surface area contributed by atoms with Crippen LogP contribution in [0.15, 0.2) is 42.5 Å². The van der Waals surface area contributed by atoms with Crippen LogP contribution in [0, 0.1) is 5.82 Å². The molecule has 2 aromatic carbocycles. The molecule has 0 fully saturated rings. The minimum atomic E-state index is -1.51. The number of aromatic nitrogens is 2. The number of esters is 2. The number of rotatable bonds is 8. The molecular formula is C24H24FN3O6. The second-order valence-electron chi connectivity index (χ2n) is 7.54. The van der Waals surface area contributed by atoms with Crippen molar-refractivity contribution in [2.24, 2.45) is 0 Å².